The van der Waals surface area contributed by atoms with Gasteiger partial charge in [-0.25, -0.2) is 4.98 Å². The molecular weight excluding hydrogens is 302 g/mol. The third kappa shape index (κ3) is 3.55. The highest BCUT2D eigenvalue weighted by atomic mass is 16.2. The van der Waals surface area contributed by atoms with Crippen LogP contribution < -0.4 is 5.56 Å². The first-order valence-electron chi connectivity index (χ1n) is 8.45. The van der Waals surface area contributed by atoms with E-state index in [1.54, 1.807) is 18.7 Å². The highest BCUT2D eigenvalue weighted by molar-refractivity contribution is 5.92. The number of benzene rings is 1. The zero-order chi connectivity index (χ0) is 17.1. The molecule has 5 heteroatoms. The molecule has 3 rings (SSSR count). The summed E-state index contributed by atoms with van der Waals surface area (Å²) in [7, 11) is 0. The lowest BCUT2D eigenvalue weighted by Gasteiger charge is -2.31. The topological polar surface area (TPSA) is 66.1 Å². The highest BCUT2D eigenvalue weighted by Crippen LogP contribution is 2.22. The number of nitrogens with one attached hydrogen (secondary N) is 1. The summed E-state index contributed by atoms with van der Waals surface area (Å²) in [6.45, 7) is 4.95. The van der Waals surface area contributed by atoms with E-state index < -0.39 is 5.56 Å². The number of aryl methyl sites for hydroxylation is 2. The van der Waals surface area contributed by atoms with E-state index in [2.05, 4.69) is 34.2 Å². The van der Waals surface area contributed by atoms with Gasteiger partial charge in [-0.2, -0.15) is 0 Å². The molecule has 1 aliphatic heterocycles. The molecule has 24 heavy (non-hydrogen) atoms. The Hall–Kier alpha value is -2.43. The summed E-state index contributed by atoms with van der Waals surface area (Å²) < 4.78 is 0. The molecule has 0 saturated carbocycles. The Morgan fingerprint density at radius 3 is 2.54 bits per heavy atom. The molecule has 1 N–H and O–H groups in total. The van der Waals surface area contributed by atoms with Gasteiger partial charge < -0.3 is 9.88 Å². The average Bonchev–Trinajstić information content (AvgIpc) is 2.59. The number of piperidine rings is 1. The Kier molecular flexibility index (Phi) is 4.79. The van der Waals surface area contributed by atoms with E-state index in [1.165, 1.54) is 5.56 Å². The van der Waals surface area contributed by atoms with Crippen molar-refractivity contribution in [3.05, 3.63) is 63.3 Å². The van der Waals surface area contributed by atoms with Gasteiger partial charge in [-0.1, -0.05) is 30.3 Å². The van der Waals surface area contributed by atoms with Gasteiger partial charge in [0.1, 0.15) is 0 Å². The molecule has 2 aromatic rings. The Morgan fingerprint density at radius 2 is 1.88 bits per heavy atom. The molecule has 0 unspecified atom stereocenters. The van der Waals surface area contributed by atoms with Crippen molar-refractivity contribution in [3.8, 4) is 0 Å². The molecule has 126 valence electrons. The Balaban J connectivity index is 1.63. The molecule has 1 aliphatic rings. The molecule has 0 bridgehead atoms. The number of amides is 1. The van der Waals surface area contributed by atoms with Crippen molar-refractivity contribution >= 4 is 5.91 Å². The largest absolute Gasteiger partial charge is 0.337 e. The number of likely N-dealkylation sites (tertiary alicyclic amines) is 1. The van der Waals surface area contributed by atoms with Crippen molar-refractivity contribution in [2.24, 2.45) is 5.92 Å². The lowest BCUT2D eigenvalue weighted by Crippen LogP contribution is -2.41. The second kappa shape index (κ2) is 6.99. The highest BCUT2D eigenvalue weighted by Gasteiger charge is 2.26. The van der Waals surface area contributed by atoms with E-state index in [4.69, 9.17) is 0 Å². The number of aromatic nitrogens is 2. The smallest absolute Gasteiger partial charge is 0.279 e. The first-order chi connectivity index (χ1) is 11.5. The van der Waals surface area contributed by atoms with E-state index in [-0.39, 0.29) is 11.6 Å². The molecule has 0 aliphatic carbocycles. The fraction of sp³-hybridized carbons (Fsp3) is 0.421. The van der Waals surface area contributed by atoms with Crippen LogP contribution in [-0.2, 0) is 6.42 Å². The van der Waals surface area contributed by atoms with Crippen LogP contribution in [0.4, 0.5) is 0 Å². The van der Waals surface area contributed by atoms with Gasteiger partial charge in [0.2, 0.25) is 0 Å². The van der Waals surface area contributed by atoms with Crippen LogP contribution in [0.15, 0.2) is 35.1 Å². The van der Waals surface area contributed by atoms with Crippen LogP contribution in [0.1, 0.15) is 40.3 Å². The van der Waals surface area contributed by atoms with Crippen LogP contribution in [0, 0.1) is 19.8 Å². The minimum atomic E-state index is -0.394. The van der Waals surface area contributed by atoms with Crippen molar-refractivity contribution in [2.45, 2.75) is 33.1 Å². The summed E-state index contributed by atoms with van der Waals surface area (Å²) in [6.07, 6.45) is 2.97. The maximum absolute atomic E-state index is 12.6. The average molecular weight is 325 g/mol. The van der Waals surface area contributed by atoms with E-state index in [1.807, 2.05) is 6.07 Å². The summed E-state index contributed by atoms with van der Waals surface area (Å²) in [6, 6.07) is 10.4. The number of carbonyl (C=O) groups is 1. The molecule has 0 atom stereocenters. The molecule has 1 fully saturated rings. The second-order valence-electron chi connectivity index (χ2n) is 6.55. The third-order valence-corrected chi connectivity index (χ3v) is 4.81. The minimum absolute atomic E-state index is 0.0135. The van der Waals surface area contributed by atoms with Gasteiger partial charge in [-0.3, -0.25) is 9.59 Å². The normalized spacial score (nSPS) is 15.5. The van der Waals surface area contributed by atoms with Gasteiger partial charge in [0.15, 0.2) is 5.69 Å². The molecule has 1 aromatic heterocycles. The number of H-pyrrole nitrogens is 1. The number of hydrogen-bond donors (Lipinski definition) is 1. The van der Waals surface area contributed by atoms with Crippen molar-refractivity contribution in [2.75, 3.05) is 13.1 Å². The molecule has 1 amide bonds. The predicted octanol–water partition coefficient (Wildman–Crippen LogP) is 2.48. The van der Waals surface area contributed by atoms with Crippen LogP contribution in [0.2, 0.25) is 0 Å². The summed E-state index contributed by atoms with van der Waals surface area (Å²) in [5, 5.41) is 0. The lowest BCUT2D eigenvalue weighted by atomic mass is 9.90. The van der Waals surface area contributed by atoms with Crippen LogP contribution in [-0.4, -0.2) is 33.9 Å². The second-order valence-corrected chi connectivity index (χ2v) is 6.55. The number of aromatic amines is 1. The van der Waals surface area contributed by atoms with Crippen molar-refractivity contribution in [1.29, 1.82) is 0 Å². The molecule has 2 heterocycles. The van der Waals surface area contributed by atoms with Crippen LogP contribution in [0.25, 0.3) is 0 Å². The Morgan fingerprint density at radius 1 is 1.21 bits per heavy atom. The number of rotatable bonds is 3. The third-order valence-electron chi connectivity index (χ3n) is 4.81. The first-order valence-corrected chi connectivity index (χ1v) is 8.45. The summed E-state index contributed by atoms with van der Waals surface area (Å²) >= 11 is 0. The van der Waals surface area contributed by atoms with Crippen LogP contribution in [0.3, 0.4) is 0 Å². The molecule has 0 radical (unpaired) electrons. The van der Waals surface area contributed by atoms with E-state index in [0.29, 0.717) is 30.4 Å². The fourth-order valence-electron chi connectivity index (χ4n) is 3.20. The monoisotopic (exact) mass is 325 g/mol. The minimum Gasteiger partial charge on any atom is -0.337 e. The number of nitrogens with zero attached hydrogens (tertiary/aromatic N) is 2. The van der Waals surface area contributed by atoms with Crippen molar-refractivity contribution < 1.29 is 4.79 Å². The number of hydrogen-bond acceptors (Lipinski definition) is 3. The number of carbonyl (C=O) groups excluding carboxylic acids is 1. The van der Waals surface area contributed by atoms with Gasteiger partial charge in [-0.05, 0) is 44.6 Å². The summed E-state index contributed by atoms with van der Waals surface area (Å²) in [5.74, 6) is 0.333. The van der Waals surface area contributed by atoms with Gasteiger partial charge >= 0.3 is 0 Å². The molecular formula is C19H23N3O2. The van der Waals surface area contributed by atoms with Crippen LogP contribution in [0.5, 0.6) is 0 Å². The maximum Gasteiger partial charge on any atom is 0.279 e. The Bertz CT molecular complexity index is 775. The van der Waals surface area contributed by atoms with Gasteiger partial charge in [0.05, 0.1) is 5.69 Å². The molecule has 1 saturated heterocycles. The van der Waals surface area contributed by atoms with E-state index >= 15 is 0 Å². The molecule has 0 spiro atoms. The fourth-order valence-corrected chi connectivity index (χ4v) is 3.20. The van der Waals surface area contributed by atoms with Crippen LogP contribution >= 0.6 is 0 Å². The summed E-state index contributed by atoms with van der Waals surface area (Å²) in [5.41, 5.74) is 2.36. The molecule has 1 aromatic carbocycles. The first kappa shape index (κ1) is 16.4. The lowest BCUT2D eigenvalue weighted by molar-refractivity contribution is 0.0682. The van der Waals surface area contributed by atoms with Gasteiger partial charge in [0.25, 0.3) is 11.5 Å². The quantitative estimate of drug-likeness (QED) is 0.943. The SMILES string of the molecule is Cc1nc(C(=O)N2CCC(Cc3ccccc3)CC2)c(=O)[nH]c1C. The zero-order valence-electron chi connectivity index (χ0n) is 14.2. The van der Waals surface area contributed by atoms with Gasteiger partial charge in [-0.15, -0.1) is 0 Å². The van der Waals surface area contributed by atoms with E-state index in [0.717, 1.165) is 19.3 Å². The summed E-state index contributed by atoms with van der Waals surface area (Å²) in [4.78, 5) is 33.3. The standard InChI is InChI=1S/C19H23N3O2/c1-13-14(2)21-18(23)17(20-13)19(24)22-10-8-16(9-11-22)12-15-6-4-3-5-7-15/h3-7,16H,8-12H2,1-2H3,(H,21,23). The van der Waals surface area contributed by atoms with Crippen molar-refractivity contribution in [1.82, 2.24) is 14.9 Å². The Labute approximate surface area is 141 Å². The van der Waals surface area contributed by atoms with Gasteiger partial charge in [0, 0.05) is 18.8 Å². The zero-order valence-corrected chi connectivity index (χ0v) is 14.2. The maximum atomic E-state index is 12.6. The molecule has 5 nitrogen and oxygen atoms in total. The van der Waals surface area contributed by atoms with E-state index in [9.17, 15) is 9.59 Å². The van der Waals surface area contributed by atoms with Crippen molar-refractivity contribution in [3.63, 3.8) is 0 Å². The predicted molar refractivity (Wildman–Crippen MR) is 93.1 cm³/mol.